The fourth-order valence-corrected chi connectivity index (χ4v) is 6.59. The number of nitrogens with zero attached hydrogens (tertiary/aromatic N) is 1. The van der Waals surface area contributed by atoms with Crippen molar-refractivity contribution in [3.8, 4) is 0 Å². The molecule has 6 heteroatoms. The summed E-state index contributed by atoms with van der Waals surface area (Å²) in [6.45, 7) is 2.16. The predicted molar refractivity (Wildman–Crippen MR) is 101 cm³/mol. The second-order valence-electron chi connectivity index (χ2n) is 7.85. The van der Waals surface area contributed by atoms with Crippen LogP contribution < -0.4 is 0 Å². The highest BCUT2D eigenvalue weighted by molar-refractivity contribution is 9.10. The first-order valence-electron chi connectivity index (χ1n) is 9.44. The molecular weight excluding hydrogens is 402 g/mol. The summed E-state index contributed by atoms with van der Waals surface area (Å²) in [6.07, 6.45) is 8.78. The van der Waals surface area contributed by atoms with Gasteiger partial charge in [0.25, 0.3) is 10.1 Å². The predicted octanol–water partition coefficient (Wildman–Crippen LogP) is 4.34. The Morgan fingerprint density at radius 3 is 2.64 bits per heavy atom. The maximum absolute atomic E-state index is 13.0. The zero-order chi connectivity index (χ0) is 17.5. The molecule has 3 atom stereocenters. The van der Waals surface area contributed by atoms with Gasteiger partial charge in [-0.25, -0.2) is 0 Å². The number of halogens is 1. The second kappa shape index (κ2) is 6.95. The number of fused-ring (bicyclic) bond motifs is 2. The Bertz CT molecular complexity index is 721. The van der Waals surface area contributed by atoms with Gasteiger partial charge >= 0.3 is 0 Å². The fraction of sp³-hybridized carbons (Fsp3) is 0.684. The molecule has 0 aromatic heterocycles. The van der Waals surface area contributed by atoms with Gasteiger partial charge in [-0.15, -0.1) is 0 Å². The number of benzene rings is 1. The van der Waals surface area contributed by atoms with Gasteiger partial charge in [0.2, 0.25) is 0 Å². The van der Waals surface area contributed by atoms with E-state index in [0.717, 1.165) is 43.2 Å². The number of hydrogen-bond donors (Lipinski definition) is 0. The van der Waals surface area contributed by atoms with Gasteiger partial charge in [0.05, 0.1) is 10.5 Å². The summed E-state index contributed by atoms with van der Waals surface area (Å²) in [7, 11) is -3.73. The molecule has 1 aromatic rings. The van der Waals surface area contributed by atoms with Crippen molar-refractivity contribution in [3.05, 3.63) is 28.7 Å². The Labute approximate surface area is 159 Å². The van der Waals surface area contributed by atoms with Crippen LogP contribution in [0.2, 0.25) is 0 Å². The minimum atomic E-state index is -3.73. The lowest BCUT2D eigenvalue weighted by molar-refractivity contribution is -0.101. The fourth-order valence-electron chi connectivity index (χ4n) is 5.03. The van der Waals surface area contributed by atoms with Crippen molar-refractivity contribution in [1.82, 2.24) is 4.90 Å². The smallest absolute Gasteiger partial charge is 0.297 e. The molecule has 4 rings (SSSR count). The third-order valence-corrected chi connectivity index (χ3v) is 8.24. The third-order valence-electron chi connectivity index (χ3n) is 6.31. The average Bonchev–Trinajstić information content (AvgIpc) is 2.59. The summed E-state index contributed by atoms with van der Waals surface area (Å²) in [4.78, 5) is 2.85. The van der Waals surface area contributed by atoms with E-state index in [1.54, 1.807) is 24.3 Å². The van der Waals surface area contributed by atoms with Crippen LogP contribution in [0.3, 0.4) is 0 Å². The molecule has 138 valence electrons. The summed E-state index contributed by atoms with van der Waals surface area (Å²) in [6, 6.07) is 7.27. The molecule has 3 aliphatic rings. The molecular formula is C19H26BrNO3S. The molecule has 1 aliphatic carbocycles. The molecule has 0 amide bonds. The quantitative estimate of drug-likeness (QED) is 0.672. The normalized spacial score (nSPS) is 33.5. The lowest BCUT2D eigenvalue weighted by Gasteiger charge is -2.54. The van der Waals surface area contributed by atoms with Gasteiger partial charge in [-0.2, -0.15) is 8.42 Å². The van der Waals surface area contributed by atoms with Crippen LogP contribution in [0, 0.1) is 5.92 Å². The van der Waals surface area contributed by atoms with Gasteiger partial charge in [-0.3, -0.25) is 9.08 Å². The van der Waals surface area contributed by atoms with Crippen LogP contribution >= 0.6 is 15.9 Å². The van der Waals surface area contributed by atoms with E-state index in [1.165, 1.54) is 25.7 Å². The van der Waals surface area contributed by atoms with E-state index < -0.39 is 15.7 Å². The largest absolute Gasteiger partial charge is 0.300 e. The van der Waals surface area contributed by atoms with Crippen LogP contribution in [0.5, 0.6) is 0 Å². The van der Waals surface area contributed by atoms with Crippen molar-refractivity contribution in [2.45, 2.75) is 67.9 Å². The standard InChI is InChI=1S/C19H26BrNO3S/c20-16-7-9-18(10-8-16)25(22,23)24-19-11-3-1-5-15(19)14-21-12-4-2-6-17(21)13-19/h7-10,15,17H,1-6,11-14H2/t15-,17-,19+/m1/s1. The van der Waals surface area contributed by atoms with E-state index >= 15 is 0 Å². The number of hydrogen-bond acceptors (Lipinski definition) is 4. The summed E-state index contributed by atoms with van der Waals surface area (Å²) >= 11 is 3.36. The maximum atomic E-state index is 13.0. The molecule has 0 N–H and O–H groups in total. The van der Waals surface area contributed by atoms with E-state index in [1.807, 2.05) is 0 Å². The first kappa shape index (κ1) is 18.0. The van der Waals surface area contributed by atoms with E-state index in [9.17, 15) is 8.42 Å². The Morgan fingerprint density at radius 2 is 1.84 bits per heavy atom. The van der Waals surface area contributed by atoms with Crippen LogP contribution in [0.15, 0.2) is 33.6 Å². The Kier molecular flexibility index (Phi) is 4.99. The van der Waals surface area contributed by atoms with E-state index in [4.69, 9.17) is 4.18 Å². The van der Waals surface area contributed by atoms with Crippen molar-refractivity contribution < 1.29 is 12.6 Å². The van der Waals surface area contributed by atoms with Gasteiger partial charge in [-0.05, 0) is 62.9 Å². The Hall–Kier alpha value is -0.430. The topological polar surface area (TPSA) is 46.6 Å². The maximum Gasteiger partial charge on any atom is 0.297 e. The van der Waals surface area contributed by atoms with Crippen molar-refractivity contribution in [2.75, 3.05) is 13.1 Å². The zero-order valence-corrected chi connectivity index (χ0v) is 16.9. The van der Waals surface area contributed by atoms with E-state index in [-0.39, 0.29) is 4.90 Å². The first-order chi connectivity index (χ1) is 12.0. The molecule has 4 nitrogen and oxygen atoms in total. The summed E-state index contributed by atoms with van der Waals surface area (Å²) < 4.78 is 32.9. The summed E-state index contributed by atoms with van der Waals surface area (Å²) in [5.41, 5.74) is -0.497. The van der Waals surface area contributed by atoms with Crippen LogP contribution in [0.25, 0.3) is 0 Å². The van der Waals surface area contributed by atoms with Gasteiger partial charge in [0.15, 0.2) is 0 Å². The highest BCUT2D eigenvalue weighted by Gasteiger charge is 2.51. The monoisotopic (exact) mass is 427 g/mol. The van der Waals surface area contributed by atoms with Crippen molar-refractivity contribution in [1.29, 1.82) is 0 Å². The molecule has 0 radical (unpaired) electrons. The summed E-state index contributed by atoms with van der Waals surface area (Å²) in [5, 5.41) is 0. The van der Waals surface area contributed by atoms with Gasteiger partial charge in [0, 0.05) is 23.0 Å². The molecule has 2 heterocycles. The lowest BCUT2D eigenvalue weighted by Crippen LogP contribution is -2.60. The highest BCUT2D eigenvalue weighted by atomic mass is 79.9. The average molecular weight is 428 g/mol. The molecule has 0 spiro atoms. The molecule has 0 bridgehead atoms. The van der Waals surface area contributed by atoms with Gasteiger partial charge in [0.1, 0.15) is 0 Å². The van der Waals surface area contributed by atoms with Crippen molar-refractivity contribution >= 4 is 26.0 Å². The SMILES string of the molecule is O=S(=O)(O[C@]12CCCC[C@@H]1CN1CCCC[C@@H]1C2)c1ccc(Br)cc1. The summed E-state index contributed by atoms with van der Waals surface area (Å²) in [5.74, 6) is 0.334. The number of rotatable bonds is 3. The lowest BCUT2D eigenvalue weighted by atomic mass is 9.68. The van der Waals surface area contributed by atoms with Gasteiger partial charge < -0.3 is 0 Å². The molecule has 1 saturated carbocycles. The molecule has 25 heavy (non-hydrogen) atoms. The minimum absolute atomic E-state index is 0.264. The highest BCUT2D eigenvalue weighted by Crippen LogP contribution is 2.47. The van der Waals surface area contributed by atoms with Crippen molar-refractivity contribution in [3.63, 3.8) is 0 Å². The molecule has 3 fully saturated rings. The first-order valence-corrected chi connectivity index (χ1v) is 11.6. The van der Waals surface area contributed by atoms with Crippen LogP contribution in [-0.4, -0.2) is 38.1 Å². The Morgan fingerprint density at radius 1 is 1.08 bits per heavy atom. The van der Waals surface area contributed by atoms with Crippen LogP contribution in [0.1, 0.15) is 51.4 Å². The van der Waals surface area contributed by atoms with Crippen LogP contribution in [-0.2, 0) is 14.3 Å². The van der Waals surface area contributed by atoms with E-state index in [2.05, 4.69) is 20.8 Å². The molecule has 2 saturated heterocycles. The zero-order valence-electron chi connectivity index (χ0n) is 14.5. The second-order valence-corrected chi connectivity index (χ2v) is 10.3. The minimum Gasteiger partial charge on any atom is -0.300 e. The van der Waals surface area contributed by atoms with E-state index in [0.29, 0.717) is 12.0 Å². The number of piperidine rings is 2. The van der Waals surface area contributed by atoms with Crippen LogP contribution in [0.4, 0.5) is 0 Å². The van der Waals surface area contributed by atoms with Gasteiger partial charge in [-0.1, -0.05) is 35.2 Å². The molecule has 1 aromatic carbocycles. The third kappa shape index (κ3) is 3.55. The molecule has 0 unspecified atom stereocenters. The Balaban J connectivity index is 1.62. The van der Waals surface area contributed by atoms with Crippen molar-refractivity contribution in [2.24, 2.45) is 5.92 Å². The molecule has 2 aliphatic heterocycles.